The lowest BCUT2D eigenvalue weighted by Crippen LogP contribution is -2.51. The van der Waals surface area contributed by atoms with Gasteiger partial charge in [0.05, 0.1) is 0 Å². The van der Waals surface area contributed by atoms with Crippen LogP contribution in [-0.2, 0) is 0 Å². The average Bonchev–Trinajstić information content (AvgIpc) is 2.04. The fourth-order valence-electron chi connectivity index (χ4n) is 2.81. The fourth-order valence-corrected chi connectivity index (χ4v) is 2.81. The Bertz CT molecular complexity index is 154. The number of hydrogen-bond donors (Lipinski definition) is 2. The molecule has 0 bridgehead atoms. The second kappa shape index (κ2) is 4.43. The Hall–Kier alpha value is -0.0800. The molecule has 0 heterocycles. The van der Waals surface area contributed by atoms with Crippen LogP contribution in [0.2, 0.25) is 0 Å². The zero-order valence-electron chi connectivity index (χ0n) is 8.92. The predicted molar refractivity (Wildman–Crippen MR) is 55.4 cm³/mol. The monoisotopic (exact) mass is 185 g/mol. The zero-order valence-corrected chi connectivity index (χ0v) is 8.92. The van der Waals surface area contributed by atoms with Crippen LogP contribution in [0.1, 0.15) is 46.0 Å². The third-order valence-corrected chi connectivity index (χ3v) is 3.53. The Balaban J connectivity index is 2.65. The van der Waals surface area contributed by atoms with Gasteiger partial charge in [-0.25, -0.2) is 0 Å². The molecule has 0 saturated heterocycles. The Morgan fingerprint density at radius 3 is 2.69 bits per heavy atom. The number of aliphatic hydroxyl groups excluding tert-OH is 1. The highest BCUT2D eigenvalue weighted by Crippen LogP contribution is 2.38. The van der Waals surface area contributed by atoms with E-state index in [9.17, 15) is 0 Å². The molecule has 0 aromatic carbocycles. The molecule has 2 unspecified atom stereocenters. The first kappa shape index (κ1) is 11.0. The standard InChI is InChI=1S/C11H23NO/c1-9(2)10-5-3-4-6-11(10,12)7-8-13/h9-10,13H,3-8,12H2,1-2H3. The van der Waals surface area contributed by atoms with Gasteiger partial charge in [-0.05, 0) is 31.1 Å². The maximum absolute atomic E-state index is 9.00. The van der Waals surface area contributed by atoms with Crippen LogP contribution in [0.5, 0.6) is 0 Å². The molecule has 0 aliphatic heterocycles. The van der Waals surface area contributed by atoms with Crippen molar-refractivity contribution in [3.63, 3.8) is 0 Å². The molecule has 2 nitrogen and oxygen atoms in total. The van der Waals surface area contributed by atoms with Crippen LogP contribution >= 0.6 is 0 Å². The highest BCUT2D eigenvalue weighted by atomic mass is 16.3. The topological polar surface area (TPSA) is 46.2 Å². The molecule has 1 saturated carbocycles. The first-order chi connectivity index (χ1) is 6.10. The number of rotatable bonds is 3. The minimum absolute atomic E-state index is 0.0822. The van der Waals surface area contributed by atoms with Crippen LogP contribution in [0.15, 0.2) is 0 Å². The van der Waals surface area contributed by atoms with Crippen LogP contribution in [0.4, 0.5) is 0 Å². The third-order valence-electron chi connectivity index (χ3n) is 3.53. The minimum atomic E-state index is -0.0822. The minimum Gasteiger partial charge on any atom is -0.396 e. The van der Waals surface area contributed by atoms with Crippen molar-refractivity contribution >= 4 is 0 Å². The van der Waals surface area contributed by atoms with E-state index in [1.54, 1.807) is 0 Å². The molecule has 2 heteroatoms. The van der Waals surface area contributed by atoms with Crippen LogP contribution in [0.25, 0.3) is 0 Å². The van der Waals surface area contributed by atoms with Gasteiger partial charge in [-0.2, -0.15) is 0 Å². The Labute approximate surface area is 81.5 Å². The van der Waals surface area contributed by atoms with Crippen molar-refractivity contribution in [3.8, 4) is 0 Å². The van der Waals surface area contributed by atoms with Crippen molar-refractivity contribution in [1.29, 1.82) is 0 Å². The molecular formula is C11H23NO. The summed E-state index contributed by atoms with van der Waals surface area (Å²) in [5.41, 5.74) is 6.27. The first-order valence-electron chi connectivity index (χ1n) is 5.50. The molecule has 0 aromatic heterocycles. The van der Waals surface area contributed by atoms with Crippen molar-refractivity contribution in [2.45, 2.75) is 51.5 Å². The fraction of sp³-hybridized carbons (Fsp3) is 1.00. The summed E-state index contributed by atoms with van der Waals surface area (Å²) in [5, 5.41) is 9.00. The molecule has 1 rings (SSSR count). The van der Waals surface area contributed by atoms with Crippen molar-refractivity contribution in [2.75, 3.05) is 6.61 Å². The van der Waals surface area contributed by atoms with Crippen LogP contribution in [0, 0.1) is 11.8 Å². The van der Waals surface area contributed by atoms with Crippen LogP contribution in [-0.4, -0.2) is 17.3 Å². The molecule has 0 aromatic rings. The van der Waals surface area contributed by atoms with E-state index < -0.39 is 0 Å². The Morgan fingerprint density at radius 1 is 1.46 bits per heavy atom. The van der Waals surface area contributed by atoms with Crippen LogP contribution < -0.4 is 5.73 Å². The van der Waals surface area contributed by atoms with Crippen LogP contribution in [0.3, 0.4) is 0 Å². The van der Waals surface area contributed by atoms with E-state index in [0.717, 1.165) is 12.8 Å². The van der Waals surface area contributed by atoms with Gasteiger partial charge in [-0.3, -0.25) is 0 Å². The molecule has 13 heavy (non-hydrogen) atoms. The van der Waals surface area contributed by atoms with Gasteiger partial charge in [-0.15, -0.1) is 0 Å². The lowest BCUT2D eigenvalue weighted by molar-refractivity contribution is 0.108. The highest BCUT2D eigenvalue weighted by molar-refractivity contribution is 4.95. The lowest BCUT2D eigenvalue weighted by Gasteiger charge is -2.43. The summed E-state index contributed by atoms with van der Waals surface area (Å²) in [7, 11) is 0. The molecule has 3 N–H and O–H groups in total. The third kappa shape index (κ3) is 2.44. The summed E-state index contributed by atoms with van der Waals surface area (Å²) < 4.78 is 0. The summed E-state index contributed by atoms with van der Waals surface area (Å²) >= 11 is 0. The van der Waals surface area contributed by atoms with Gasteiger partial charge in [0.2, 0.25) is 0 Å². The highest BCUT2D eigenvalue weighted by Gasteiger charge is 2.37. The zero-order chi connectivity index (χ0) is 9.90. The number of hydrogen-bond acceptors (Lipinski definition) is 2. The lowest BCUT2D eigenvalue weighted by atomic mass is 9.67. The number of aliphatic hydroxyl groups is 1. The van der Waals surface area contributed by atoms with E-state index >= 15 is 0 Å². The van der Waals surface area contributed by atoms with E-state index in [0.29, 0.717) is 11.8 Å². The molecule has 1 aliphatic rings. The average molecular weight is 185 g/mol. The van der Waals surface area contributed by atoms with Crippen molar-refractivity contribution in [2.24, 2.45) is 17.6 Å². The molecule has 0 radical (unpaired) electrons. The number of nitrogens with two attached hydrogens (primary N) is 1. The SMILES string of the molecule is CC(C)C1CCCCC1(N)CCO. The Kier molecular flexibility index (Phi) is 3.74. The summed E-state index contributed by atoms with van der Waals surface area (Å²) in [6.45, 7) is 4.73. The van der Waals surface area contributed by atoms with Gasteiger partial charge >= 0.3 is 0 Å². The van der Waals surface area contributed by atoms with E-state index in [2.05, 4.69) is 13.8 Å². The molecule has 0 spiro atoms. The molecule has 2 atom stereocenters. The first-order valence-corrected chi connectivity index (χ1v) is 5.50. The van der Waals surface area contributed by atoms with Gasteiger partial charge in [-0.1, -0.05) is 26.7 Å². The van der Waals surface area contributed by atoms with Gasteiger partial charge in [0.25, 0.3) is 0 Å². The second-order valence-electron chi connectivity index (χ2n) is 4.80. The van der Waals surface area contributed by atoms with Gasteiger partial charge in [0.15, 0.2) is 0 Å². The van der Waals surface area contributed by atoms with E-state index in [4.69, 9.17) is 10.8 Å². The van der Waals surface area contributed by atoms with Crippen molar-refractivity contribution in [3.05, 3.63) is 0 Å². The van der Waals surface area contributed by atoms with E-state index in [1.807, 2.05) is 0 Å². The smallest absolute Gasteiger partial charge is 0.0448 e. The summed E-state index contributed by atoms with van der Waals surface area (Å²) in [6.07, 6.45) is 5.66. The van der Waals surface area contributed by atoms with E-state index in [-0.39, 0.29) is 12.1 Å². The predicted octanol–water partition coefficient (Wildman–Crippen LogP) is 1.91. The van der Waals surface area contributed by atoms with Gasteiger partial charge in [0, 0.05) is 12.1 Å². The largest absolute Gasteiger partial charge is 0.396 e. The van der Waals surface area contributed by atoms with Crippen molar-refractivity contribution < 1.29 is 5.11 Å². The molecule has 1 fully saturated rings. The Morgan fingerprint density at radius 2 is 2.15 bits per heavy atom. The van der Waals surface area contributed by atoms with Gasteiger partial charge < -0.3 is 10.8 Å². The molecule has 78 valence electrons. The maximum atomic E-state index is 9.00. The summed E-state index contributed by atoms with van der Waals surface area (Å²) in [6, 6.07) is 0. The maximum Gasteiger partial charge on any atom is 0.0448 e. The summed E-state index contributed by atoms with van der Waals surface area (Å²) in [5.74, 6) is 1.25. The molecule has 1 aliphatic carbocycles. The van der Waals surface area contributed by atoms with E-state index in [1.165, 1.54) is 19.3 Å². The second-order valence-corrected chi connectivity index (χ2v) is 4.80. The molecule has 0 amide bonds. The quantitative estimate of drug-likeness (QED) is 0.705. The van der Waals surface area contributed by atoms with Crippen molar-refractivity contribution in [1.82, 2.24) is 0 Å². The molecular weight excluding hydrogens is 162 g/mol. The summed E-state index contributed by atoms with van der Waals surface area (Å²) in [4.78, 5) is 0. The normalized spacial score (nSPS) is 35.3. The van der Waals surface area contributed by atoms with Gasteiger partial charge in [0.1, 0.15) is 0 Å².